The first-order valence-electron chi connectivity index (χ1n) is 6.50. The van der Waals surface area contributed by atoms with E-state index >= 15 is 0 Å². The lowest BCUT2D eigenvalue weighted by Gasteiger charge is -2.22. The first-order chi connectivity index (χ1) is 9.51. The second-order valence-corrected chi connectivity index (χ2v) is 5.19. The zero-order chi connectivity index (χ0) is 14.8. The normalized spacial score (nSPS) is 28.9. The van der Waals surface area contributed by atoms with Crippen molar-refractivity contribution in [3.63, 3.8) is 0 Å². The molecule has 1 fully saturated rings. The van der Waals surface area contributed by atoms with Gasteiger partial charge in [-0.1, -0.05) is 30.3 Å². The van der Waals surface area contributed by atoms with Gasteiger partial charge in [-0.15, -0.1) is 0 Å². The highest BCUT2D eigenvalue weighted by molar-refractivity contribution is 5.84. The Morgan fingerprint density at radius 3 is 2.40 bits per heavy atom. The number of carbonyl (C=O) groups is 2. The Morgan fingerprint density at radius 1 is 1.20 bits per heavy atom. The number of ether oxygens (including phenoxy) is 2. The molecule has 0 aromatic heterocycles. The Morgan fingerprint density at radius 2 is 1.85 bits per heavy atom. The molecule has 0 unspecified atom stereocenters. The summed E-state index contributed by atoms with van der Waals surface area (Å²) in [7, 11) is 2.70. The SMILES string of the molecule is COC(=O)[C@H]1C[C@@](C)(C(=O)OC)N[C@H]1c1ccccc1. The number of methoxy groups -OCH3 is 2. The molecule has 0 spiro atoms. The van der Waals surface area contributed by atoms with Crippen molar-refractivity contribution in [1.29, 1.82) is 0 Å². The zero-order valence-corrected chi connectivity index (χ0v) is 11.9. The second-order valence-electron chi connectivity index (χ2n) is 5.19. The third-order valence-electron chi connectivity index (χ3n) is 3.80. The quantitative estimate of drug-likeness (QED) is 0.847. The molecular formula is C15H19NO4. The van der Waals surface area contributed by atoms with Gasteiger partial charge in [-0.25, -0.2) is 0 Å². The molecule has 3 atom stereocenters. The van der Waals surface area contributed by atoms with Crippen LogP contribution in [0.2, 0.25) is 0 Å². The fraction of sp³-hybridized carbons (Fsp3) is 0.467. The van der Waals surface area contributed by atoms with Crippen LogP contribution in [0.25, 0.3) is 0 Å². The zero-order valence-electron chi connectivity index (χ0n) is 11.9. The summed E-state index contributed by atoms with van der Waals surface area (Å²) in [5.41, 5.74) is 0.0734. The van der Waals surface area contributed by atoms with Gasteiger partial charge in [0.2, 0.25) is 0 Å². The number of benzene rings is 1. The van der Waals surface area contributed by atoms with Gasteiger partial charge >= 0.3 is 11.9 Å². The van der Waals surface area contributed by atoms with Crippen molar-refractivity contribution < 1.29 is 19.1 Å². The molecule has 0 amide bonds. The molecule has 108 valence electrons. The van der Waals surface area contributed by atoms with Crippen LogP contribution in [-0.4, -0.2) is 31.7 Å². The Hall–Kier alpha value is -1.88. The number of rotatable bonds is 3. The monoisotopic (exact) mass is 277 g/mol. The van der Waals surface area contributed by atoms with Crippen LogP contribution in [0.4, 0.5) is 0 Å². The van der Waals surface area contributed by atoms with E-state index in [1.165, 1.54) is 14.2 Å². The first kappa shape index (κ1) is 14.5. The molecule has 1 saturated heterocycles. The third kappa shape index (κ3) is 2.54. The van der Waals surface area contributed by atoms with Crippen LogP contribution in [0.15, 0.2) is 30.3 Å². The summed E-state index contributed by atoms with van der Waals surface area (Å²) in [6.07, 6.45) is 0.353. The number of esters is 2. The third-order valence-corrected chi connectivity index (χ3v) is 3.80. The minimum atomic E-state index is -0.881. The van der Waals surface area contributed by atoms with Gasteiger partial charge in [-0.05, 0) is 18.9 Å². The first-order valence-corrected chi connectivity index (χ1v) is 6.50. The van der Waals surface area contributed by atoms with Gasteiger partial charge in [-0.2, -0.15) is 0 Å². The molecule has 1 aromatic rings. The van der Waals surface area contributed by atoms with Crippen molar-refractivity contribution in [2.75, 3.05) is 14.2 Å². The Balaban J connectivity index is 2.33. The lowest BCUT2D eigenvalue weighted by atomic mass is 9.90. The average molecular weight is 277 g/mol. The highest BCUT2D eigenvalue weighted by Crippen LogP contribution is 2.39. The van der Waals surface area contributed by atoms with E-state index in [9.17, 15) is 9.59 Å². The summed E-state index contributed by atoms with van der Waals surface area (Å²) in [6.45, 7) is 1.75. The molecule has 1 N–H and O–H groups in total. The number of carbonyl (C=O) groups excluding carboxylic acids is 2. The van der Waals surface area contributed by atoms with E-state index in [-0.39, 0.29) is 18.0 Å². The van der Waals surface area contributed by atoms with Crippen LogP contribution in [-0.2, 0) is 19.1 Å². The molecule has 1 aliphatic heterocycles. The predicted molar refractivity (Wildman–Crippen MR) is 72.9 cm³/mol. The van der Waals surface area contributed by atoms with Gasteiger partial charge in [0.05, 0.1) is 20.1 Å². The van der Waals surface area contributed by atoms with Crippen molar-refractivity contribution in [2.24, 2.45) is 5.92 Å². The standard InChI is InChI=1S/C15H19NO4/c1-15(14(18)20-3)9-11(13(17)19-2)12(16-15)10-7-5-4-6-8-10/h4-8,11-12,16H,9H2,1-3H3/t11-,12-,15-/m0/s1. The van der Waals surface area contributed by atoms with Crippen LogP contribution >= 0.6 is 0 Å². The van der Waals surface area contributed by atoms with E-state index in [4.69, 9.17) is 9.47 Å². The van der Waals surface area contributed by atoms with Gasteiger partial charge in [0, 0.05) is 6.04 Å². The molecule has 0 aliphatic carbocycles. The van der Waals surface area contributed by atoms with Crippen LogP contribution in [0.5, 0.6) is 0 Å². The molecule has 0 saturated carbocycles. The van der Waals surface area contributed by atoms with E-state index in [0.717, 1.165) is 5.56 Å². The number of hydrogen-bond acceptors (Lipinski definition) is 5. The van der Waals surface area contributed by atoms with Crippen molar-refractivity contribution in [2.45, 2.75) is 24.9 Å². The van der Waals surface area contributed by atoms with Gasteiger partial charge in [0.15, 0.2) is 0 Å². The maximum absolute atomic E-state index is 12.0. The molecule has 5 heteroatoms. The van der Waals surface area contributed by atoms with Gasteiger partial charge < -0.3 is 9.47 Å². The molecule has 1 aromatic carbocycles. The Kier molecular flexibility index (Phi) is 4.09. The fourth-order valence-electron chi connectivity index (χ4n) is 2.77. The second kappa shape index (κ2) is 5.63. The predicted octanol–water partition coefficient (Wildman–Crippen LogP) is 1.44. The maximum Gasteiger partial charge on any atom is 0.325 e. The van der Waals surface area contributed by atoms with E-state index in [2.05, 4.69) is 5.32 Å². The molecule has 1 aliphatic rings. The van der Waals surface area contributed by atoms with E-state index in [1.54, 1.807) is 6.92 Å². The van der Waals surface area contributed by atoms with Crippen molar-refractivity contribution >= 4 is 11.9 Å². The lowest BCUT2D eigenvalue weighted by Crippen LogP contribution is -2.45. The summed E-state index contributed by atoms with van der Waals surface area (Å²) >= 11 is 0. The molecule has 1 heterocycles. The Labute approximate surface area is 118 Å². The summed E-state index contributed by atoms with van der Waals surface area (Å²) in [4.78, 5) is 23.9. The highest BCUT2D eigenvalue weighted by Gasteiger charge is 2.50. The Bertz CT molecular complexity index is 502. The van der Waals surface area contributed by atoms with Gasteiger partial charge in [-0.3, -0.25) is 14.9 Å². The number of nitrogens with one attached hydrogen (secondary N) is 1. The average Bonchev–Trinajstić information content (AvgIpc) is 2.86. The largest absolute Gasteiger partial charge is 0.469 e. The smallest absolute Gasteiger partial charge is 0.325 e. The molecule has 0 radical (unpaired) electrons. The van der Waals surface area contributed by atoms with E-state index < -0.39 is 11.5 Å². The van der Waals surface area contributed by atoms with Crippen LogP contribution in [0.3, 0.4) is 0 Å². The summed E-state index contributed by atoms with van der Waals surface area (Å²) in [5.74, 6) is -1.10. The summed E-state index contributed by atoms with van der Waals surface area (Å²) in [5, 5.41) is 3.22. The number of hydrogen-bond donors (Lipinski definition) is 1. The van der Waals surface area contributed by atoms with Crippen molar-refractivity contribution in [3.8, 4) is 0 Å². The molecular weight excluding hydrogens is 258 g/mol. The van der Waals surface area contributed by atoms with E-state index in [1.807, 2.05) is 30.3 Å². The molecule has 2 rings (SSSR count). The van der Waals surface area contributed by atoms with Gasteiger partial charge in [0.1, 0.15) is 5.54 Å². The minimum Gasteiger partial charge on any atom is -0.469 e. The fourth-order valence-corrected chi connectivity index (χ4v) is 2.77. The molecule has 20 heavy (non-hydrogen) atoms. The maximum atomic E-state index is 12.0. The van der Waals surface area contributed by atoms with Gasteiger partial charge in [0.25, 0.3) is 0 Å². The highest BCUT2D eigenvalue weighted by atomic mass is 16.5. The lowest BCUT2D eigenvalue weighted by molar-refractivity contribution is -0.148. The van der Waals surface area contributed by atoms with Crippen molar-refractivity contribution in [1.82, 2.24) is 5.32 Å². The molecule has 0 bridgehead atoms. The van der Waals surface area contributed by atoms with Crippen LogP contribution in [0, 0.1) is 5.92 Å². The summed E-state index contributed by atoms with van der Waals surface area (Å²) in [6, 6.07) is 9.31. The van der Waals surface area contributed by atoms with Crippen LogP contribution < -0.4 is 5.32 Å². The summed E-state index contributed by atoms with van der Waals surface area (Å²) < 4.78 is 9.69. The van der Waals surface area contributed by atoms with E-state index in [0.29, 0.717) is 6.42 Å². The minimum absolute atomic E-state index is 0.257. The topological polar surface area (TPSA) is 64.6 Å². The molecule has 5 nitrogen and oxygen atoms in total. The van der Waals surface area contributed by atoms with Crippen LogP contribution in [0.1, 0.15) is 24.9 Å². The van der Waals surface area contributed by atoms with Crippen molar-refractivity contribution in [3.05, 3.63) is 35.9 Å².